The van der Waals surface area contributed by atoms with Gasteiger partial charge in [0.1, 0.15) is 12.4 Å². The van der Waals surface area contributed by atoms with Crippen LogP contribution in [0.2, 0.25) is 0 Å². The maximum Gasteiger partial charge on any atom is 0.442 e. The largest absolute Gasteiger partial charge is 0.442 e. The van der Waals surface area contributed by atoms with Crippen LogP contribution in [0.4, 0.5) is 26.3 Å². The molecule has 0 N–H and O–H groups in total. The molecule has 1 saturated heterocycles. The highest BCUT2D eigenvalue weighted by molar-refractivity contribution is 5.74. The molecule has 1 unspecified atom stereocenters. The second kappa shape index (κ2) is 6.94. The van der Waals surface area contributed by atoms with Gasteiger partial charge in [0.25, 0.3) is 0 Å². The van der Waals surface area contributed by atoms with E-state index < -0.39 is 23.7 Å². The number of nitrogens with zero attached hydrogens (tertiary/aromatic N) is 4. The molecule has 6 nitrogen and oxygen atoms in total. The van der Waals surface area contributed by atoms with Crippen LogP contribution >= 0.6 is 0 Å². The Balaban J connectivity index is 0.000000150. The third-order valence-electron chi connectivity index (χ3n) is 4.86. The Morgan fingerprint density at radius 3 is 1.45 bits per heavy atom. The van der Waals surface area contributed by atoms with E-state index in [1.165, 1.54) is 36.4 Å². The number of rotatable bonds is 4. The minimum absolute atomic E-state index is 0.0453. The fraction of sp³-hybridized carbons (Fsp3) is 0.316. The highest BCUT2D eigenvalue weighted by Crippen LogP contribution is 2.53. The van der Waals surface area contributed by atoms with Crippen LogP contribution in [0.3, 0.4) is 0 Å². The lowest BCUT2D eigenvalue weighted by atomic mass is 10.0. The second-order valence-corrected chi connectivity index (χ2v) is 6.92. The van der Waals surface area contributed by atoms with Crippen LogP contribution in [0.5, 0.6) is 0 Å². The molecule has 0 aromatic heterocycles. The van der Waals surface area contributed by atoms with Gasteiger partial charge in [0.15, 0.2) is 0 Å². The van der Waals surface area contributed by atoms with E-state index in [1.54, 1.807) is 12.1 Å². The Labute approximate surface area is 170 Å². The molecule has 12 heteroatoms. The van der Waals surface area contributed by atoms with Gasteiger partial charge in [-0.15, -0.1) is 20.5 Å². The molecule has 162 valence electrons. The zero-order valence-corrected chi connectivity index (χ0v) is 15.4. The van der Waals surface area contributed by atoms with Gasteiger partial charge in [-0.05, 0) is 5.56 Å². The Hall–Kier alpha value is -3.15. The van der Waals surface area contributed by atoms with Gasteiger partial charge in [-0.25, -0.2) is 0 Å². The number of hydrogen-bond acceptors (Lipinski definition) is 6. The molecule has 0 amide bonds. The third kappa shape index (κ3) is 3.82. The van der Waals surface area contributed by atoms with Crippen molar-refractivity contribution in [3.63, 3.8) is 0 Å². The Kier molecular flexibility index (Phi) is 4.72. The molecule has 1 atom stereocenters. The summed E-state index contributed by atoms with van der Waals surface area (Å²) in [6.45, 7) is 0.637. The van der Waals surface area contributed by atoms with E-state index in [2.05, 4.69) is 20.5 Å². The topological polar surface area (TPSA) is 79.0 Å². The lowest BCUT2D eigenvalue weighted by Crippen LogP contribution is -2.30. The molecular weight excluding hydrogens is 430 g/mol. The molecule has 0 spiro atoms. The van der Waals surface area contributed by atoms with Crippen molar-refractivity contribution in [2.45, 2.75) is 29.8 Å². The molecule has 3 aliphatic rings. The molecule has 0 bridgehead atoms. The van der Waals surface area contributed by atoms with Crippen molar-refractivity contribution in [1.29, 1.82) is 0 Å². The van der Waals surface area contributed by atoms with Gasteiger partial charge in [0, 0.05) is 16.7 Å². The van der Waals surface area contributed by atoms with Crippen LogP contribution in [-0.4, -0.2) is 25.2 Å². The summed E-state index contributed by atoms with van der Waals surface area (Å²) in [5.41, 5.74) is -3.51. The molecule has 3 heterocycles. The van der Waals surface area contributed by atoms with Crippen LogP contribution in [0.25, 0.3) is 0 Å². The van der Waals surface area contributed by atoms with E-state index in [0.717, 1.165) is 5.56 Å². The number of alkyl halides is 6. The number of carbonyl (C=O) groups excluding carboxylic acids is 1. The van der Waals surface area contributed by atoms with E-state index >= 15 is 0 Å². The molecule has 0 saturated carbocycles. The number of aldehydes is 1. The zero-order chi connectivity index (χ0) is 22.5. The molecule has 2 aromatic rings. The van der Waals surface area contributed by atoms with Crippen molar-refractivity contribution < 1.29 is 35.9 Å². The summed E-state index contributed by atoms with van der Waals surface area (Å²) in [5, 5.41) is 12.4. The SMILES string of the molecule is FC(F)(F)C1(c2ccc(C3CO3)cc2)N=N1.O=Cc1ccc(C2(C(F)(F)F)N=N2)cc1. The van der Waals surface area contributed by atoms with Gasteiger partial charge in [0.2, 0.25) is 0 Å². The first-order valence-electron chi connectivity index (χ1n) is 8.82. The molecule has 0 radical (unpaired) electrons. The second-order valence-electron chi connectivity index (χ2n) is 6.92. The number of hydrogen-bond donors (Lipinski definition) is 0. The van der Waals surface area contributed by atoms with Crippen molar-refractivity contribution in [3.05, 3.63) is 70.8 Å². The maximum atomic E-state index is 12.6. The summed E-state index contributed by atoms with van der Waals surface area (Å²) in [6, 6.07) is 11.1. The van der Waals surface area contributed by atoms with Crippen molar-refractivity contribution >= 4 is 6.29 Å². The molecule has 31 heavy (non-hydrogen) atoms. The maximum absolute atomic E-state index is 12.6. The summed E-state index contributed by atoms with van der Waals surface area (Å²) in [4.78, 5) is 10.3. The van der Waals surface area contributed by atoms with Crippen LogP contribution < -0.4 is 0 Å². The quantitative estimate of drug-likeness (QED) is 0.350. The van der Waals surface area contributed by atoms with Crippen LogP contribution in [0, 0.1) is 0 Å². The first-order valence-corrected chi connectivity index (χ1v) is 8.82. The van der Waals surface area contributed by atoms with Gasteiger partial charge >= 0.3 is 23.7 Å². The average molecular weight is 442 g/mol. The number of halogens is 6. The minimum atomic E-state index is -4.52. The first kappa shape index (κ1) is 21.1. The predicted octanol–water partition coefficient (Wildman–Crippen LogP) is 5.62. The monoisotopic (exact) mass is 442 g/mol. The van der Waals surface area contributed by atoms with E-state index in [-0.39, 0.29) is 17.2 Å². The first-order chi connectivity index (χ1) is 14.5. The van der Waals surface area contributed by atoms with Crippen LogP contribution in [0.1, 0.15) is 33.2 Å². The van der Waals surface area contributed by atoms with Gasteiger partial charge in [-0.1, -0.05) is 48.5 Å². The van der Waals surface area contributed by atoms with E-state index in [0.29, 0.717) is 18.5 Å². The molecule has 0 aliphatic carbocycles. The molecule has 3 aliphatic heterocycles. The van der Waals surface area contributed by atoms with E-state index in [1.807, 2.05) is 0 Å². The Morgan fingerprint density at radius 1 is 0.774 bits per heavy atom. The Bertz CT molecular complexity index is 1030. The molecular formula is C19H12F6N4O2. The van der Waals surface area contributed by atoms with Crippen molar-refractivity contribution in [2.75, 3.05) is 6.61 Å². The fourth-order valence-corrected chi connectivity index (χ4v) is 2.85. The van der Waals surface area contributed by atoms with Gasteiger partial charge in [0.05, 0.1) is 6.61 Å². The van der Waals surface area contributed by atoms with Crippen molar-refractivity contribution in [2.24, 2.45) is 20.5 Å². The lowest BCUT2D eigenvalue weighted by Gasteiger charge is -2.14. The normalized spacial score (nSPS) is 21.7. The smallest absolute Gasteiger partial charge is 0.368 e. The molecule has 2 aromatic carbocycles. The minimum Gasteiger partial charge on any atom is -0.368 e. The van der Waals surface area contributed by atoms with Crippen LogP contribution in [-0.2, 0) is 16.1 Å². The molecule has 1 fully saturated rings. The van der Waals surface area contributed by atoms with Crippen LogP contribution in [0.15, 0.2) is 69.0 Å². The number of benzene rings is 2. The third-order valence-corrected chi connectivity index (χ3v) is 4.86. The summed E-state index contributed by atoms with van der Waals surface area (Å²) in [6.07, 6.45) is -8.37. The average Bonchev–Trinajstić information content (AvgIpc) is 3.56. The molecule has 5 rings (SSSR count). The van der Waals surface area contributed by atoms with Gasteiger partial charge in [-0.3, -0.25) is 4.79 Å². The number of ether oxygens (including phenoxy) is 1. The summed E-state index contributed by atoms with van der Waals surface area (Å²) in [5.74, 6) is 0. The standard InChI is InChI=1S/C10H7F3N2O.C9H5F3N2O/c11-10(12,13)9(14-15-9)7-3-1-6(2-4-7)8-5-16-8;10-9(11,12)8(13-14-8)7-3-1-6(5-15)2-4-7/h1-4,8H,5H2;1-5H. The summed E-state index contributed by atoms with van der Waals surface area (Å²) in [7, 11) is 0. The number of carbonyl (C=O) groups is 1. The van der Waals surface area contributed by atoms with Gasteiger partial charge < -0.3 is 4.74 Å². The summed E-state index contributed by atoms with van der Waals surface area (Å²) < 4.78 is 80.5. The van der Waals surface area contributed by atoms with Crippen molar-refractivity contribution in [1.82, 2.24) is 0 Å². The van der Waals surface area contributed by atoms with Crippen molar-refractivity contribution in [3.8, 4) is 0 Å². The number of epoxide rings is 1. The fourth-order valence-electron chi connectivity index (χ4n) is 2.85. The highest BCUT2D eigenvalue weighted by Gasteiger charge is 2.65. The Morgan fingerprint density at radius 2 is 1.16 bits per heavy atom. The predicted molar refractivity (Wildman–Crippen MR) is 92.1 cm³/mol. The summed E-state index contributed by atoms with van der Waals surface area (Å²) >= 11 is 0. The van der Waals surface area contributed by atoms with Gasteiger partial charge in [-0.2, -0.15) is 26.3 Å². The van der Waals surface area contributed by atoms with E-state index in [4.69, 9.17) is 4.74 Å². The highest BCUT2D eigenvalue weighted by atomic mass is 19.4. The lowest BCUT2D eigenvalue weighted by molar-refractivity contribution is -0.166. The van der Waals surface area contributed by atoms with E-state index in [9.17, 15) is 31.1 Å². The zero-order valence-electron chi connectivity index (χ0n) is 15.4.